The van der Waals surface area contributed by atoms with Gasteiger partial charge in [-0.25, -0.2) is 9.48 Å². The van der Waals surface area contributed by atoms with E-state index >= 15 is 0 Å². The van der Waals surface area contributed by atoms with Crippen LogP contribution in [0.3, 0.4) is 0 Å². The Bertz CT molecular complexity index is 872. The number of aryl methyl sites for hydroxylation is 1. The van der Waals surface area contributed by atoms with Crippen molar-refractivity contribution in [3.63, 3.8) is 0 Å². The van der Waals surface area contributed by atoms with Crippen LogP contribution in [0.2, 0.25) is 0 Å². The summed E-state index contributed by atoms with van der Waals surface area (Å²) in [6, 6.07) is 8.24. The quantitative estimate of drug-likeness (QED) is 0.889. The number of benzene rings is 1. The molecule has 27 heavy (non-hydrogen) atoms. The van der Waals surface area contributed by atoms with Gasteiger partial charge in [0.15, 0.2) is 11.8 Å². The first kappa shape index (κ1) is 17.7. The van der Waals surface area contributed by atoms with E-state index in [1.165, 1.54) is 5.56 Å². The molecule has 0 saturated carbocycles. The highest BCUT2D eigenvalue weighted by Crippen LogP contribution is 2.29. The van der Waals surface area contributed by atoms with Gasteiger partial charge in [0, 0.05) is 17.8 Å². The van der Waals surface area contributed by atoms with E-state index in [2.05, 4.69) is 24.2 Å². The molecule has 1 aromatic carbocycles. The Kier molecular flexibility index (Phi) is 4.70. The molecule has 1 aromatic heterocycles. The summed E-state index contributed by atoms with van der Waals surface area (Å²) >= 11 is 0. The zero-order valence-corrected chi connectivity index (χ0v) is 15.4. The largest absolute Gasteiger partial charge is 0.479 e. The number of nitrogens with zero attached hydrogens (tertiary/aromatic N) is 3. The molecule has 2 aliphatic rings. The molecule has 1 atom stereocenters. The van der Waals surface area contributed by atoms with Crippen molar-refractivity contribution < 1.29 is 19.4 Å². The first-order valence-electron chi connectivity index (χ1n) is 9.42. The molecule has 142 valence electrons. The molecule has 0 spiro atoms. The lowest BCUT2D eigenvalue weighted by atomic mass is 10.1. The van der Waals surface area contributed by atoms with E-state index in [0.29, 0.717) is 12.2 Å². The average Bonchev–Trinajstić information content (AvgIpc) is 3.30. The Hall–Kier alpha value is -2.67. The third-order valence-electron chi connectivity index (χ3n) is 5.35. The number of carboxylic acid groups (broad SMARTS) is 1. The van der Waals surface area contributed by atoms with E-state index in [0.717, 1.165) is 42.6 Å². The van der Waals surface area contributed by atoms with Crippen LogP contribution in [-0.4, -0.2) is 57.5 Å². The van der Waals surface area contributed by atoms with E-state index in [4.69, 9.17) is 4.74 Å². The molecule has 7 heteroatoms. The van der Waals surface area contributed by atoms with Crippen molar-refractivity contribution in [2.75, 3.05) is 19.7 Å². The second kappa shape index (κ2) is 7.15. The number of hydrogen-bond acceptors (Lipinski definition) is 4. The molecule has 0 radical (unpaired) electrons. The number of ether oxygens (including phenoxy) is 1. The molecule has 0 bridgehead atoms. The van der Waals surface area contributed by atoms with Crippen LogP contribution in [0.4, 0.5) is 0 Å². The van der Waals surface area contributed by atoms with Gasteiger partial charge < -0.3 is 14.7 Å². The van der Waals surface area contributed by atoms with E-state index in [1.807, 2.05) is 16.8 Å². The summed E-state index contributed by atoms with van der Waals surface area (Å²) in [7, 11) is 0. The Morgan fingerprint density at radius 1 is 1.26 bits per heavy atom. The first-order chi connectivity index (χ1) is 13.1. The highest BCUT2D eigenvalue weighted by atomic mass is 16.5. The smallest absolute Gasteiger partial charge is 0.334 e. The number of carbonyl (C=O) groups excluding carboxylic acids is 1. The molecular weight excluding hydrogens is 346 g/mol. The fourth-order valence-corrected chi connectivity index (χ4v) is 3.83. The SMILES string of the molecule is CCc1ccc(-n2nc(C(=O)N3CCO[C@@H](C(=O)O)C3)c3c2CCC3)cc1. The van der Waals surface area contributed by atoms with Gasteiger partial charge in [-0.15, -0.1) is 0 Å². The summed E-state index contributed by atoms with van der Waals surface area (Å²) in [5, 5.41) is 13.8. The van der Waals surface area contributed by atoms with Gasteiger partial charge in [0.1, 0.15) is 0 Å². The standard InChI is InChI=1S/C20H23N3O4/c1-2-13-6-8-14(9-7-13)23-16-5-3-4-15(16)18(21-23)19(24)22-10-11-27-17(12-22)20(25)26/h6-9,17H,2-5,10-12H2,1H3,(H,25,26)/t17-/m1/s1. The van der Waals surface area contributed by atoms with Crippen LogP contribution in [0.25, 0.3) is 5.69 Å². The van der Waals surface area contributed by atoms with E-state index < -0.39 is 12.1 Å². The summed E-state index contributed by atoms with van der Waals surface area (Å²) in [5.41, 5.74) is 4.75. The van der Waals surface area contributed by atoms with Crippen LogP contribution < -0.4 is 0 Å². The minimum atomic E-state index is -1.04. The Balaban J connectivity index is 1.65. The Labute approximate surface area is 157 Å². The first-order valence-corrected chi connectivity index (χ1v) is 9.42. The molecule has 1 aliphatic heterocycles. The monoisotopic (exact) mass is 369 g/mol. The molecule has 1 saturated heterocycles. The fraction of sp³-hybridized carbons (Fsp3) is 0.450. The number of aromatic nitrogens is 2. The molecule has 0 unspecified atom stereocenters. The number of rotatable bonds is 4. The van der Waals surface area contributed by atoms with Crippen molar-refractivity contribution in [2.24, 2.45) is 0 Å². The topological polar surface area (TPSA) is 84.7 Å². The summed E-state index contributed by atoms with van der Waals surface area (Å²) in [6.45, 7) is 2.78. The normalized spacial score (nSPS) is 19.1. The molecule has 4 rings (SSSR count). The minimum absolute atomic E-state index is 0.0565. The zero-order valence-electron chi connectivity index (χ0n) is 15.4. The van der Waals surface area contributed by atoms with E-state index in [9.17, 15) is 14.7 Å². The zero-order chi connectivity index (χ0) is 19.0. The number of aliphatic carboxylic acids is 1. The lowest BCUT2D eigenvalue weighted by Crippen LogP contribution is -2.48. The van der Waals surface area contributed by atoms with Crippen molar-refractivity contribution in [3.8, 4) is 5.69 Å². The van der Waals surface area contributed by atoms with E-state index in [-0.39, 0.29) is 19.1 Å². The van der Waals surface area contributed by atoms with Gasteiger partial charge in [0.2, 0.25) is 0 Å². The van der Waals surface area contributed by atoms with Crippen LogP contribution in [0.5, 0.6) is 0 Å². The van der Waals surface area contributed by atoms with Gasteiger partial charge in [0.25, 0.3) is 5.91 Å². The van der Waals surface area contributed by atoms with Crippen molar-refractivity contribution in [1.29, 1.82) is 0 Å². The molecule has 2 heterocycles. The van der Waals surface area contributed by atoms with E-state index in [1.54, 1.807) is 4.90 Å². The third kappa shape index (κ3) is 3.23. The molecule has 1 N–H and O–H groups in total. The maximum absolute atomic E-state index is 13.1. The molecular formula is C20H23N3O4. The number of fused-ring (bicyclic) bond motifs is 1. The van der Waals surface area contributed by atoms with Crippen LogP contribution in [0.1, 0.15) is 40.7 Å². The fourth-order valence-electron chi connectivity index (χ4n) is 3.83. The molecule has 1 amide bonds. The van der Waals surface area contributed by atoms with Crippen LogP contribution >= 0.6 is 0 Å². The van der Waals surface area contributed by atoms with Gasteiger partial charge >= 0.3 is 5.97 Å². The molecule has 7 nitrogen and oxygen atoms in total. The van der Waals surface area contributed by atoms with Gasteiger partial charge in [-0.05, 0) is 43.4 Å². The van der Waals surface area contributed by atoms with Crippen molar-refractivity contribution in [2.45, 2.75) is 38.7 Å². The van der Waals surface area contributed by atoms with Crippen molar-refractivity contribution >= 4 is 11.9 Å². The minimum Gasteiger partial charge on any atom is -0.479 e. The summed E-state index contributed by atoms with van der Waals surface area (Å²) < 4.78 is 7.10. The average molecular weight is 369 g/mol. The third-order valence-corrected chi connectivity index (χ3v) is 5.35. The summed E-state index contributed by atoms with van der Waals surface area (Å²) in [6.07, 6.45) is 2.73. The summed E-state index contributed by atoms with van der Waals surface area (Å²) in [4.78, 5) is 25.8. The second-order valence-corrected chi connectivity index (χ2v) is 7.01. The number of morpholine rings is 1. The predicted octanol–water partition coefficient (Wildman–Crippen LogP) is 1.85. The molecule has 1 aliphatic carbocycles. The lowest BCUT2D eigenvalue weighted by molar-refractivity contribution is -0.154. The van der Waals surface area contributed by atoms with Crippen LogP contribution in [-0.2, 0) is 28.8 Å². The highest BCUT2D eigenvalue weighted by molar-refractivity contribution is 5.94. The number of amides is 1. The van der Waals surface area contributed by atoms with Crippen LogP contribution in [0.15, 0.2) is 24.3 Å². The van der Waals surface area contributed by atoms with Crippen LogP contribution in [0, 0.1) is 0 Å². The van der Waals surface area contributed by atoms with Crippen molar-refractivity contribution in [3.05, 3.63) is 46.8 Å². The molecule has 1 fully saturated rings. The predicted molar refractivity (Wildman–Crippen MR) is 98.2 cm³/mol. The summed E-state index contributed by atoms with van der Waals surface area (Å²) in [5.74, 6) is -1.24. The lowest BCUT2D eigenvalue weighted by Gasteiger charge is -2.30. The maximum atomic E-state index is 13.1. The number of carboxylic acids is 1. The maximum Gasteiger partial charge on any atom is 0.334 e. The van der Waals surface area contributed by atoms with Gasteiger partial charge in [-0.2, -0.15) is 5.10 Å². The van der Waals surface area contributed by atoms with Gasteiger partial charge in [-0.3, -0.25) is 4.79 Å². The Morgan fingerprint density at radius 2 is 2.04 bits per heavy atom. The number of hydrogen-bond donors (Lipinski definition) is 1. The van der Waals surface area contributed by atoms with Gasteiger partial charge in [-0.1, -0.05) is 19.1 Å². The molecule has 2 aromatic rings. The van der Waals surface area contributed by atoms with Crippen molar-refractivity contribution in [1.82, 2.24) is 14.7 Å². The Morgan fingerprint density at radius 3 is 2.74 bits per heavy atom. The van der Waals surface area contributed by atoms with Gasteiger partial charge in [0.05, 0.1) is 18.8 Å². The second-order valence-electron chi connectivity index (χ2n) is 7.01. The highest BCUT2D eigenvalue weighted by Gasteiger charge is 2.34. The number of carbonyl (C=O) groups is 2.